The smallest absolute Gasteiger partial charge is 0.193 e. The van der Waals surface area contributed by atoms with E-state index in [4.69, 9.17) is 26.1 Å². The van der Waals surface area contributed by atoms with E-state index < -0.39 is 0 Å². The molecule has 6 nitrogen and oxygen atoms in total. The number of halogens is 1. The van der Waals surface area contributed by atoms with Crippen molar-refractivity contribution >= 4 is 28.5 Å². The highest BCUT2D eigenvalue weighted by Crippen LogP contribution is 2.23. The number of hydrogen-bond donors (Lipinski definition) is 2. The zero-order valence-electron chi connectivity index (χ0n) is 16.8. The molecule has 0 radical (unpaired) electrons. The van der Waals surface area contributed by atoms with Gasteiger partial charge in [0.05, 0.1) is 19.8 Å². The number of rotatable bonds is 9. The van der Waals surface area contributed by atoms with E-state index in [0.29, 0.717) is 19.1 Å². The van der Waals surface area contributed by atoms with E-state index in [-0.39, 0.29) is 0 Å². The van der Waals surface area contributed by atoms with E-state index in [1.54, 1.807) is 7.11 Å². The van der Waals surface area contributed by atoms with Crippen molar-refractivity contribution < 1.29 is 9.47 Å². The summed E-state index contributed by atoms with van der Waals surface area (Å²) in [5, 5.41) is 5.38. The minimum absolute atomic E-state index is 0.552. The molecule has 2 aromatic rings. The van der Waals surface area contributed by atoms with Gasteiger partial charge in [0.2, 0.25) is 0 Å². The number of methoxy groups -OCH3 is 1. The largest absolute Gasteiger partial charge is 0.382 e. The molecule has 1 fully saturated rings. The summed E-state index contributed by atoms with van der Waals surface area (Å²) in [5.74, 6) is 1.55. The van der Waals surface area contributed by atoms with Crippen LogP contribution in [0.15, 0.2) is 29.4 Å². The Morgan fingerprint density at radius 2 is 2.29 bits per heavy atom. The highest BCUT2D eigenvalue weighted by atomic mass is 35.5. The van der Waals surface area contributed by atoms with Crippen molar-refractivity contribution in [2.75, 3.05) is 53.1 Å². The van der Waals surface area contributed by atoms with Crippen molar-refractivity contribution in [2.24, 2.45) is 10.9 Å². The molecular weight excluding hydrogens is 376 g/mol. The van der Waals surface area contributed by atoms with Crippen molar-refractivity contribution in [1.82, 2.24) is 15.2 Å². The molecule has 0 amide bonds. The molecule has 154 valence electrons. The fourth-order valence-electron chi connectivity index (χ4n) is 3.62. The summed E-state index contributed by atoms with van der Waals surface area (Å²) in [4.78, 5) is 10.5. The maximum absolute atomic E-state index is 6.15. The number of H-pyrrole nitrogens is 1. The van der Waals surface area contributed by atoms with Crippen molar-refractivity contribution in [3.05, 3.63) is 35.0 Å². The third kappa shape index (κ3) is 5.63. The third-order valence-corrected chi connectivity index (χ3v) is 5.31. The fraction of sp³-hybridized carbons (Fsp3) is 0.571. The van der Waals surface area contributed by atoms with Crippen LogP contribution < -0.4 is 5.32 Å². The molecule has 28 heavy (non-hydrogen) atoms. The van der Waals surface area contributed by atoms with Gasteiger partial charge in [-0.3, -0.25) is 4.99 Å². The standard InChI is InChI=1S/C21H31ClN4O2/c1-3-23-21(26-9-7-16(14-26)15-28-11-10-27-2)24-8-6-17-13-25-20-5-4-18(22)12-19(17)20/h4-5,12-13,16,25H,3,6-11,14-15H2,1-2H3,(H,23,24). The number of likely N-dealkylation sites (tertiary alicyclic amines) is 1. The second-order valence-corrected chi connectivity index (χ2v) is 7.59. The molecule has 7 heteroatoms. The number of hydrogen-bond acceptors (Lipinski definition) is 3. The maximum Gasteiger partial charge on any atom is 0.193 e. The number of fused-ring (bicyclic) bond motifs is 1. The van der Waals surface area contributed by atoms with Gasteiger partial charge in [0, 0.05) is 61.3 Å². The predicted molar refractivity (Wildman–Crippen MR) is 115 cm³/mol. The summed E-state index contributed by atoms with van der Waals surface area (Å²) in [7, 11) is 1.70. The van der Waals surface area contributed by atoms with Crippen molar-refractivity contribution in [2.45, 2.75) is 19.8 Å². The molecule has 0 spiro atoms. The molecule has 1 aliphatic rings. The van der Waals surface area contributed by atoms with Crippen LogP contribution in [0, 0.1) is 5.92 Å². The van der Waals surface area contributed by atoms with Crippen LogP contribution in [-0.2, 0) is 15.9 Å². The van der Waals surface area contributed by atoms with E-state index in [9.17, 15) is 0 Å². The van der Waals surface area contributed by atoms with Crippen LogP contribution in [0.5, 0.6) is 0 Å². The Kier molecular flexibility index (Phi) is 8.01. The number of aromatic amines is 1. The van der Waals surface area contributed by atoms with Gasteiger partial charge < -0.3 is 24.7 Å². The second-order valence-electron chi connectivity index (χ2n) is 7.16. The first-order valence-corrected chi connectivity index (χ1v) is 10.4. The van der Waals surface area contributed by atoms with Gasteiger partial charge in [0.1, 0.15) is 0 Å². The summed E-state index contributed by atoms with van der Waals surface area (Å²) >= 11 is 6.15. The number of guanidine groups is 1. The van der Waals surface area contributed by atoms with Gasteiger partial charge in [0.15, 0.2) is 5.96 Å². The lowest BCUT2D eigenvalue weighted by molar-refractivity contribution is 0.0536. The Hall–Kier alpha value is -1.76. The summed E-state index contributed by atoms with van der Waals surface area (Å²) in [6, 6.07) is 5.95. The molecule has 2 heterocycles. The molecule has 2 N–H and O–H groups in total. The summed E-state index contributed by atoms with van der Waals surface area (Å²) in [6.07, 6.45) is 4.08. The number of aliphatic imine (C=N–C) groups is 1. The minimum Gasteiger partial charge on any atom is -0.382 e. The minimum atomic E-state index is 0.552. The average molecular weight is 407 g/mol. The monoisotopic (exact) mass is 406 g/mol. The second kappa shape index (κ2) is 10.7. The lowest BCUT2D eigenvalue weighted by atomic mass is 10.1. The van der Waals surface area contributed by atoms with Gasteiger partial charge in [-0.1, -0.05) is 11.6 Å². The van der Waals surface area contributed by atoms with Crippen molar-refractivity contribution in [3.8, 4) is 0 Å². The first-order chi connectivity index (χ1) is 13.7. The molecule has 1 aromatic heterocycles. The summed E-state index contributed by atoms with van der Waals surface area (Å²) in [6.45, 7) is 7.83. The van der Waals surface area contributed by atoms with E-state index in [2.05, 4.69) is 28.3 Å². The fourth-order valence-corrected chi connectivity index (χ4v) is 3.79. The van der Waals surface area contributed by atoms with Crippen LogP contribution >= 0.6 is 11.6 Å². The number of aromatic nitrogens is 1. The molecule has 0 bridgehead atoms. The third-order valence-electron chi connectivity index (χ3n) is 5.08. The van der Waals surface area contributed by atoms with Crippen molar-refractivity contribution in [3.63, 3.8) is 0 Å². The number of nitrogens with one attached hydrogen (secondary N) is 2. The normalized spacial score (nSPS) is 17.6. The van der Waals surface area contributed by atoms with Gasteiger partial charge in [-0.2, -0.15) is 0 Å². The lowest BCUT2D eigenvalue weighted by Gasteiger charge is -2.21. The molecule has 0 saturated carbocycles. The van der Waals surface area contributed by atoms with E-state index in [1.165, 1.54) is 10.9 Å². The van der Waals surface area contributed by atoms with Crippen LogP contribution in [0.3, 0.4) is 0 Å². The Labute approximate surface area is 172 Å². The highest BCUT2D eigenvalue weighted by molar-refractivity contribution is 6.31. The molecule has 1 aromatic carbocycles. The van der Waals surface area contributed by atoms with Crippen LogP contribution in [0.2, 0.25) is 5.02 Å². The summed E-state index contributed by atoms with van der Waals surface area (Å²) in [5.41, 5.74) is 2.37. The topological polar surface area (TPSA) is 61.9 Å². The number of ether oxygens (including phenoxy) is 2. The van der Waals surface area contributed by atoms with E-state index in [0.717, 1.165) is 62.1 Å². The Morgan fingerprint density at radius 1 is 1.39 bits per heavy atom. The zero-order chi connectivity index (χ0) is 19.8. The Bertz CT molecular complexity index is 777. The van der Waals surface area contributed by atoms with Gasteiger partial charge >= 0.3 is 0 Å². The Balaban J connectivity index is 1.54. The number of nitrogens with zero attached hydrogens (tertiary/aromatic N) is 2. The van der Waals surface area contributed by atoms with Crippen LogP contribution in [0.1, 0.15) is 18.9 Å². The van der Waals surface area contributed by atoms with Gasteiger partial charge in [-0.05, 0) is 43.5 Å². The molecule has 3 rings (SSSR count). The molecule has 0 aliphatic carbocycles. The average Bonchev–Trinajstić information content (AvgIpc) is 3.32. The lowest BCUT2D eigenvalue weighted by Crippen LogP contribution is -2.40. The number of benzene rings is 1. The summed E-state index contributed by atoms with van der Waals surface area (Å²) < 4.78 is 10.7. The highest BCUT2D eigenvalue weighted by Gasteiger charge is 2.24. The predicted octanol–water partition coefficient (Wildman–Crippen LogP) is 3.31. The first-order valence-electron chi connectivity index (χ1n) is 10.1. The van der Waals surface area contributed by atoms with Gasteiger partial charge in [-0.15, -0.1) is 0 Å². The van der Waals surface area contributed by atoms with Crippen LogP contribution in [0.4, 0.5) is 0 Å². The van der Waals surface area contributed by atoms with E-state index in [1.807, 2.05) is 18.2 Å². The quantitative estimate of drug-likeness (QED) is 0.381. The molecule has 1 unspecified atom stereocenters. The molecule has 1 saturated heterocycles. The van der Waals surface area contributed by atoms with Crippen LogP contribution in [0.25, 0.3) is 10.9 Å². The van der Waals surface area contributed by atoms with Crippen molar-refractivity contribution in [1.29, 1.82) is 0 Å². The zero-order valence-corrected chi connectivity index (χ0v) is 17.6. The van der Waals surface area contributed by atoms with E-state index >= 15 is 0 Å². The molecule has 1 atom stereocenters. The van der Waals surface area contributed by atoms with Crippen LogP contribution in [-0.4, -0.2) is 69.0 Å². The maximum atomic E-state index is 6.15. The Morgan fingerprint density at radius 3 is 3.11 bits per heavy atom. The van der Waals surface area contributed by atoms with Gasteiger partial charge in [0.25, 0.3) is 0 Å². The first kappa shape index (κ1) is 21.0. The SMILES string of the molecule is CCNC(=NCCc1c[nH]c2ccc(Cl)cc12)N1CCC(COCCOC)C1. The molecular formula is C21H31ClN4O2. The molecule has 1 aliphatic heterocycles. The van der Waals surface area contributed by atoms with Gasteiger partial charge in [-0.25, -0.2) is 0 Å².